The van der Waals surface area contributed by atoms with Crippen molar-refractivity contribution in [3.05, 3.63) is 58.6 Å². The van der Waals surface area contributed by atoms with Crippen molar-refractivity contribution < 1.29 is 14.0 Å². The molecule has 168 valence electrons. The van der Waals surface area contributed by atoms with E-state index in [1.165, 1.54) is 0 Å². The van der Waals surface area contributed by atoms with Gasteiger partial charge in [0, 0.05) is 10.9 Å². The number of hydrogen-bond acceptors (Lipinski definition) is 4. The maximum absolute atomic E-state index is 13.7. The number of nitrogens with one attached hydrogen (secondary N) is 1. The average Bonchev–Trinajstić information content (AvgIpc) is 3.54. The molecule has 7 heteroatoms. The van der Waals surface area contributed by atoms with Gasteiger partial charge in [-0.2, -0.15) is 0 Å². The topological polar surface area (TPSA) is 67.5 Å². The Morgan fingerprint density at radius 1 is 1.16 bits per heavy atom. The van der Waals surface area contributed by atoms with Crippen LogP contribution in [0.5, 0.6) is 0 Å². The predicted molar refractivity (Wildman–Crippen MR) is 124 cm³/mol. The zero-order valence-corrected chi connectivity index (χ0v) is 19.4. The molecule has 2 aliphatic rings. The Kier molecular flexibility index (Phi) is 5.45. The molecule has 3 aromatic rings. The first-order chi connectivity index (χ1) is 15.5. The predicted octanol–water partition coefficient (Wildman–Crippen LogP) is 4.92. The summed E-state index contributed by atoms with van der Waals surface area (Å²) < 4.78 is 7.55. The van der Waals surface area contributed by atoms with Crippen molar-refractivity contribution in [1.82, 2.24) is 14.8 Å². The highest BCUT2D eigenvalue weighted by Gasteiger charge is 2.48. The van der Waals surface area contributed by atoms with Gasteiger partial charge in [0.05, 0.1) is 25.0 Å². The standard InChI is InChI=1S/C25H29N3O3S/c1-17-7-9-18(10-8-17)26-24(30)25(2)16-27-20(22-6-3-13-31-22)11-12-21(27)23(29)28(25)15-19-5-4-14-32-19/h3-6,11-14,17-18H,7-10,15-16H2,1-2H3,(H,26,30). The van der Waals surface area contributed by atoms with E-state index in [0.717, 1.165) is 36.3 Å². The molecule has 3 aromatic heterocycles. The molecule has 0 bridgehead atoms. The van der Waals surface area contributed by atoms with Crippen LogP contribution < -0.4 is 5.32 Å². The second-order valence-corrected chi connectivity index (χ2v) is 10.4. The Hall–Kier alpha value is -2.80. The number of amides is 2. The van der Waals surface area contributed by atoms with Crippen LogP contribution in [-0.4, -0.2) is 32.9 Å². The van der Waals surface area contributed by atoms with Crippen molar-refractivity contribution in [3.8, 4) is 11.5 Å². The fraction of sp³-hybridized carbons (Fsp3) is 0.440. The molecule has 32 heavy (non-hydrogen) atoms. The van der Waals surface area contributed by atoms with Crippen LogP contribution in [0.1, 0.15) is 54.9 Å². The minimum absolute atomic E-state index is 0.0771. The smallest absolute Gasteiger partial charge is 0.271 e. The third-order valence-electron chi connectivity index (χ3n) is 7.01. The van der Waals surface area contributed by atoms with Crippen LogP contribution in [0.4, 0.5) is 0 Å². The third kappa shape index (κ3) is 3.68. The van der Waals surface area contributed by atoms with Crippen LogP contribution in [-0.2, 0) is 17.9 Å². The molecule has 1 aliphatic heterocycles. The van der Waals surface area contributed by atoms with Gasteiger partial charge in [-0.1, -0.05) is 13.0 Å². The van der Waals surface area contributed by atoms with Gasteiger partial charge in [0.1, 0.15) is 17.0 Å². The summed E-state index contributed by atoms with van der Waals surface area (Å²) in [5.74, 6) is 1.20. The molecule has 0 saturated heterocycles. The van der Waals surface area contributed by atoms with Gasteiger partial charge >= 0.3 is 0 Å². The van der Waals surface area contributed by atoms with Crippen molar-refractivity contribution in [1.29, 1.82) is 0 Å². The molecule has 1 saturated carbocycles. The number of carbonyl (C=O) groups is 2. The van der Waals surface area contributed by atoms with E-state index < -0.39 is 5.54 Å². The van der Waals surface area contributed by atoms with Crippen LogP contribution in [0.25, 0.3) is 11.5 Å². The molecule has 0 aromatic carbocycles. The van der Waals surface area contributed by atoms with Crippen molar-refractivity contribution in [2.75, 3.05) is 0 Å². The van der Waals surface area contributed by atoms with Gasteiger partial charge in [-0.15, -0.1) is 11.3 Å². The second kappa shape index (κ2) is 8.28. The summed E-state index contributed by atoms with van der Waals surface area (Å²) >= 11 is 1.60. The number of furan rings is 1. The van der Waals surface area contributed by atoms with Crippen molar-refractivity contribution in [2.45, 2.75) is 64.2 Å². The Morgan fingerprint density at radius 2 is 1.94 bits per heavy atom. The lowest BCUT2D eigenvalue weighted by atomic mass is 9.86. The number of thiophene rings is 1. The number of aromatic nitrogens is 1. The van der Waals surface area contributed by atoms with Gasteiger partial charge in [-0.3, -0.25) is 9.59 Å². The maximum atomic E-state index is 13.7. The lowest BCUT2D eigenvalue weighted by Gasteiger charge is -2.45. The summed E-state index contributed by atoms with van der Waals surface area (Å²) in [5.41, 5.74) is 0.404. The number of hydrogen-bond donors (Lipinski definition) is 1. The highest BCUT2D eigenvalue weighted by atomic mass is 32.1. The first kappa shape index (κ1) is 21.1. The van der Waals surface area contributed by atoms with Gasteiger partial charge < -0.3 is 19.2 Å². The highest BCUT2D eigenvalue weighted by molar-refractivity contribution is 7.09. The summed E-state index contributed by atoms with van der Waals surface area (Å²) in [6.07, 6.45) is 5.87. The highest BCUT2D eigenvalue weighted by Crippen LogP contribution is 2.35. The van der Waals surface area contributed by atoms with E-state index in [-0.39, 0.29) is 17.9 Å². The van der Waals surface area contributed by atoms with Crippen LogP contribution in [0.3, 0.4) is 0 Å². The van der Waals surface area contributed by atoms with Gasteiger partial charge in [-0.05, 0) is 74.2 Å². The van der Waals surface area contributed by atoms with E-state index in [1.54, 1.807) is 22.5 Å². The molecular weight excluding hydrogens is 422 g/mol. The fourth-order valence-corrected chi connectivity index (χ4v) is 5.66. The molecule has 5 rings (SSSR count). The van der Waals surface area contributed by atoms with E-state index in [0.29, 0.717) is 30.5 Å². The van der Waals surface area contributed by atoms with Crippen LogP contribution in [0, 0.1) is 5.92 Å². The van der Waals surface area contributed by atoms with Crippen LogP contribution in [0.2, 0.25) is 0 Å². The Morgan fingerprint density at radius 3 is 2.62 bits per heavy atom. The third-order valence-corrected chi connectivity index (χ3v) is 7.88. The largest absolute Gasteiger partial charge is 0.463 e. The second-order valence-electron chi connectivity index (χ2n) is 9.34. The Labute approximate surface area is 192 Å². The van der Waals surface area contributed by atoms with Crippen molar-refractivity contribution in [2.24, 2.45) is 5.92 Å². The SMILES string of the molecule is CC1CCC(NC(=O)C2(C)Cn3c(ccc3-c3ccco3)C(=O)N2Cc2cccs2)CC1. The number of fused-ring (bicyclic) bond motifs is 1. The van der Waals surface area contributed by atoms with Crippen molar-refractivity contribution in [3.63, 3.8) is 0 Å². The summed E-state index contributed by atoms with van der Waals surface area (Å²) in [5, 5.41) is 5.29. The van der Waals surface area contributed by atoms with Gasteiger partial charge in [0.15, 0.2) is 0 Å². The Balaban J connectivity index is 1.50. The fourth-order valence-electron chi connectivity index (χ4n) is 4.96. The lowest BCUT2D eigenvalue weighted by molar-refractivity contribution is -0.134. The molecule has 1 aliphatic carbocycles. The van der Waals surface area contributed by atoms with Gasteiger partial charge in [-0.25, -0.2) is 0 Å². The molecule has 1 atom stereocenters. The van der Waals surface area contributed by atoms with E-state index in [4.69, 9.17) is 4.42 Å². The van der Waals surface area contributed by atoms with E-state index in [2.05, 4.69) is 12.2 Å². The monoisotopic (exact) mass is 451 g/mol. The van der Waals surface area contributed by atoms with Gasteiger partial charge in [0.2, 0.25) is 5.91 Å². The van der Waals surface area contributed by atoms with Gasteiger partial charge in [0.25, 0.3) is 5.91 Å². The molecule has 2 amide bonds. The summed E-state index contributed by atoms with van der Waals surface area (Å²) in [7, 11) is 0. The van der Waals surface area contributed by atoms with Crippen LogP contribution >= 0.6 is 11.3 Å². The zero-order valence-electron chi connectivity index (χ0n) is 18.5. The molecule has 0 spiro atoms. The minimum atomic E-state index is -1.00. The minimum Gasteiger partial charge on any atom is -0.463 e. The molecule has 1 N–H and O–H groups in total. The summed E-state index contributed by atoms with van der Waals surface area (Å²) in [6, 6.07) is 11.6. The number of carbonyl (C=O) groups excluding carboxylic acids is 2. The van der Waals surface area contributed by atoms with E-state index in [1.807, 2.05) is 53.3 Å². The quantitative estimate of drug-likeness (QED) is 0.599. The normalized spacial score (nSPS) is 25.6. The van der Waals surface area contributed by atoms with E-state index in [9.17, 15) is 9.59 Å². The summed E-state index contributed by atoms with van der Waals surface area (Å²) in [6.45, 7) is 4.97. The number of nitrogens with zero attached hydrogens (tertiary/aromatic N) is 2. The van der Waals surface area contributed by atoms with E-state index >= 15 is 0 Å². The van der Waals surface area contributed by atoms with Crippen LogP contribution in [0.15, 0.2) is 52.5 Å². The number of rotatable bonds is 5. The lowest BCUT2D eigenvalue weighted by Crippen LogP contribution is -2.64. The maximum Gasteiger partial charge on any atom is 0.271 e. The molecule has 6 nitrogen and oxygen atoms in total. The zero-order chi connectivity index (χ0) is 22.3. The molecule has 0 radical (unpaired) electrons. The molecular formula is C25H29N3O3S. The Bertz CT molecular complexity index is 1090. The molecule has 1 fully saturated rings. The summed E-state index contributed by atoms with van der Waals surface area (Å²) in [4.78, 5) is 30.2. The average molecular weight is 452 g/mol. The first-order valence-corrected chi connectivity index (χ1v) is 12.2. The molecule has 1 unspecified atom stereocenters. The van der Waals surface area contributed by atoms with Crippen molar-refractivity contribution >= 4 is 23.2 Å². The first-order valence-electron chi connectivity index (χ1n) is 11.3. The molecule has 4 heterocycles.